The van der Waals surface area contributed by atoms with Gasteiger partial charge in [-0.05, 0) is 19.1 Å². The fourth-order valence-electron chi connectivity index (χ4n) is 2.73. The molecule has 0 aliphatic rings. The number of imidazole rings is 1. The highest BCUT2D eigenvalue weighted by molar-refractivity contribution is 7.15. The maximum Gasteiger partial charge on any atom is 0.417 e. The standard InChI is InChI=1S/C17H11N5O3S2/c1-8-6-27-16-19-11(5-22(8)16)14(23)21-15-18-12(7-26-15)9-2-3-10-13(4-9)25-17(24)20-10/h2-7H,1H3,(H,20,24)(H,18,21,23). The molecule has 5 rings (SSSR count). The van der Waals surface area contributed by atoms with Gasteiger partial charge < -0.3 is 4.42 Å². The van der Waals surface area contributed by atoms with Crippen molar-refractivity contribution in [3.63, 3.8) is 0 Å². The van der Waals surface area contributed by atoms with Crippen molar-refractivity contribution >= 4 is 49.8 Å². The van der Waals surface area contributed by atoms with E-state index in [0.29, 0.717) is 27.6 Å². The van der Waals surface area contributed by atoms with Gasteiger partial charge in [0.25, 0.3) is 5.91 Å². The van der Waals surface area contributed by atoms with Crippen molar-refractivity contribution < 1.29 is 9.21 Å². The van der Waals surface area contributed by atoms with Crippen molar-refractivity contribution in [1.29, 1.82) is 0 Å². The first-order chi connectivity index (χ1) is 13.1. The van der Waals surface area contributed by atoms with Crippen LogP contribution in [0.5, 0.6) is 0 Å². The molecule has 10 heteroatoms. The third kappa shape index (κ3) is 2.75. The molecule has 0 atom stereocenters. The van der Waals surface area contributed by atoms with Crippen molar-refractivity contribution in [2.45, 2.75) is 6.92 Å². The summed E-state index contributed by atoms with van der Waals surface area (Å²) in [7, 11) is 0. The molecular weight excluding hydrogens is 386 g/mol. The van der Waals surface area contributed by atoms with E-state index < -0.39 is 5.76 Å². The summed E-state index contributed by atoms with van der Waals surface area (Å²) in [6.45, 7) is 1.96. The molecule has 5 aromatic rings. The maximum absolute atomic E-state index is 12.4. The molecule has 4 heterocycles. The van der Waals surface area contributed by atoms with E-state index in [1.165, 1.54) is 22.7 Å². The molecule has 0 unspecified atom stereocenters. The first-order valence-electron chi connectivity index (χ1n) is 7.90. The Kier molecular flexibility index (Phi) is 3.49. The van der Waals surface area contributed by atoms with Crippen LogP contribution in [0.15, 0.2) is 44.4 Å². The molecule has 1 amide bonds. The van der Waals surface area contributed by atoms with Crippen molar-refractivity contribution in [1.82, 2.24) is 19.4 Å². The summed E-state index contributed by atoms with van der Waals surface area (Å²) in [6.07, 6.45) is 1.72. The Hall–Kier alpha value is -3.24. The van der Waals surface area contributed by atoms with Gasteiger partial charge >= 0.3 is 5.76 Å². The van der Waals surface area contributed by atoms with Crippen LogP contribution >= 0.6 is 22.7 Å². The first-order valence-corrected chi connectivity index (χ1v) is 9.66. The molecule has 2 N–H and O–H groups in total. The Balaban J connectivity index is 1.40. The van der Waals surface area contributed by atoms with Gasteiger partial charge in [-0.2, -0.15) is 0 Å². The number of aryl methyl sites for hydroxylation is 1. The molecule has 0 fully saturated rings. The molecule has 0 saturated carbocycles. The monoisotopic (exact) mass is 397 g/mol. The second kappa shape index (κ2) is 5.89. The quantitative estimate of drug-likeness (QED) is 0.485. The summed E-state index contributed by atoms with van der Waals surface area (Å²) in [6, 6.07) is 5.33. The Bertz CT molecular complexity index is 1370. The fourth-order valence-corrected chi connectivity index (χ4v) is 4.30. The number of hydrogen-bond donors (Lipinski definition) is 2. The second-order valence-electron chi connectivity index (χ2n) is 5.87. The third-order valence-electron chi connectivity index (χ3n) is 4.06. The topological polar surface area (TPSA) is 105 Å². The molecule has 0 bridgehead atoms. The summed E-state index contributed by atoms with van der Waals surface area (Å²) in [5, 5.41) is 7.07. The van der Waals surface area contributed by atoms with Crippen LogP contribution in [0.4, 0.5) is 5.13 Å². The summed E-state index contributed by atoms with van der Waals surface area (Å²) in [5.41, 5.74) is 3.94. The number of carbonyl (C=O) groups excluding carboxylic acids is 1. The van der Waals surface area contributed by atoms with Gasteiger partial charge in [0.05, 0.1) is 11.2 Å². The number of anilines is 1. The predicted molar refractivity (Wildman–Crippen MR) is 104 cm³/mol. The Morgan fingerprint density at radius 3 is 3.00 bits per heavy atom. The van der Waals surface area contributed by atoms with E-state index in [1.807, 2.05) is 28.2 Å². The summed E-state index contributed by atoms with van der Waals surface area (Å²) < 4.78 is 6.96. The molecule has 27 heavy (non-hydrogen) atoms. The minimum Gasteiger partial charge on any atom is -0.408 e. The predicted octanol–water partition coefficient (Wildman–Crippen LogP) is 3.51. The van der Waals surface area contributed by atoms with Gasteiger partial charge in [-0.3, -0.25) is 19.5 Å². The van der Waals surface area contributed by atoms with Gasteiger partial charge in [-0.25, -0.2) is 14.8 Å². The smallest absolute Gasteiger partial charge is 0.408 e. The van der Waals surface area contributed by atoms with Crippen LogP contribution in [0, 0.1) is 6.92 Å². The number of carbonyl (C=O) groups is 1. The molecule has 134 valence electrons. The highest BCUT2D eigenvalue weighted by atomic mass is 32.1. The van der Waals surface area contributed by atoms with Crippen LogP contribution in [0.3, 0.4) is 0 Å². The van der Waals surface area contributed by atoms with E-state index in [1.54, 1.807) is 18.3 Å². The van der Waals surface area contributed by atoms with Gasteiger partial charge in [0.1, 0.15) is 5.69 Å². The van der Waals surface area contributed by atoms with Crippen LogP contribution in [0.2, 0.25) is 0 Å². The highest BCUT2D eigenvalue weighted by Crippen LogP contribution is 2.27. The zero-order valence-electron chi connectivity index (χ0n) is 13.8. The molecule has 0 aliphatic carbocycles. The number of aromatic nitrogens is 4. The Labute approximate surface area is 159 Å². The maximum atomic E-state index is 12.4. The van der Waals surface area contributed by atoms with Crippen molar-refractivity contribution in [3.05, 3.63) is 57.1 Å². The largest absolute Gasteiger partial charge is 0.417 e. The van der Waals surface area contributed by atoms with E-state index in [4.69, 9.17) is 4.42 Å². The number of oxazole rings is 1. The van der Waals surface area contributed by atoms with Crippen LogP contribution in [-0.2, 0) is 0 Å². The molecule has 0 radical (unpaired) electrons. The van der Waals surface area contributed by atoms with E-state index in [0.717, 1.165) is 16.2 Å². The number of amides is 1. The highest BCUT2D eigenvalue weighted by Gasteiger charge is 2.15. The molecule has 0 saturated heterocycles. The normalized spacial score (nSPS) is 11.4. The molecule has 0 aliphatic heterocycles. The number of thiazole rings is 2. The van der Waals surface area contributed by atoms with Gasteiger partial charge in [-0.1, -0.05) is 6.07 Å². The van der Waals surface area contributed by atoms with Gasteiger partial charge in [0.15, 0.2) is 15.7 Å². The van der Waals surface area contributed by atoms with E-state index in [9.17, 15) is 9.59 Å². The Morgan fingerprint density at radius 2 is 2.15 bits per heavy atom. The molecule has 1 aromatic carbocycles. The van der Waals surface area contributed by atoms with Crippen LogP contribution in [0.1, 0.15) is 16.2 Å². The van der Waals surface area contributed by atoms with E-state index in [-0.39, 0.29) is 5.91 Å². The summed E-state index contributed by atoms with van der Waals surface area (Å²) >= 11 is 2.80. The number of nitrogens with zero attached hydrogens (tertiary/aromatic N) is 3. The fraction of sp³-hybridized carbons (Fsp3) is 0.0588. The molecule has 8 nitrogen and oxygen atoms in total. The number of nitrogens with one attached hydrogen (secondary N) is 2. The molecule has 4 aromatic heterocycles. The number of fused-ring (bicyclic) bond motifs is 2. The van der Waals surface area contributed by atoms with Gasteiger partial charge in [0.2, 0.25) is 0 Å². The van der Waals surface area contributed by atoms with Crippen LogP contribution < -0.4 is 11.1 Å². The van der Waals surface area contributed by atoms with Gasteiger partial charge in [-0.15, -0.1) is 22.7 Å². The van der Waals surface area contributed by atoms with Crippen LogP contribution in [-0.4, -0.2) is 25.3 Å². The number of aromatic amines is 1. The minimum absolute atomic E-state index is 0.307. The van der Waals surface area contributed by atoms with E-state index >= 15 is 0 Å². The molecular formula is C17H11N5O3S2. The lowest BCUT2D eigenvalue weighted by Gasteiger charge is -1.98. The Morgan fingerprint density at radius 1 is 1.26 bits per heavy atom. The number of rotatable bonds is 3. The lowest BCUT2D eigenvalue weighted by molar-refractivity contribution is 0.102. The average molecular weight is 397 g/mol. The summed E-state index contributed by atoms with van der Waals surface area (Å²) in [5.74, 6) is -0.804. The average Bonchev–Trinajstić information content (AvgIpc) is 3.39. The van der Waals surface area contributed by atoms with Crippen LogP contribution in [0.25, 0.3) is 27.3 Å². The zero-order chi connectivity index (χ0) is 18.5. The zero-order valence-corrected chi connectivity index (χ0v) is 15.5. The second-order valence-corrected chi connectivity index (χ2v) is 7.57. The number of benzene rings is 1. The molecule has 0 spiro atoms. The lowest BCUT2D eigenvalue weighted by Crippen LogP contribution is -2.12. The third-order valence-corrected chi connectivity index (χ3v) is 5.78. The number of H-pyrrole nitrogens is 1. The van der Waals surface area contributed by atoms with E-state index in [2.05, 4.69) is 20.3 Å². The summed E-state index contributed by atoms with van der Waals surface area (Å²) in [4.78, 5) is 35.9. The number of hydrogen-bond acceptors (Lipinski definition) is 7. The van der Waals surface area contributed by atoms with Crippen molar-refractivity contribution in [3.8, 4) is 11.3 Å². The lowest BCUT2D eigenvalue weighted by atomic mass is 10.1. The van der Waals surface area contributed by atoms with Gasteiger partial charge in [0, 0.05) is 28.2 Å². The minimum atomic E-state index is -0.497. The van der Waals surface area contributed by atoms with Crippen molar-refractivity contribution in [2.75, 3.05) is 5.32 Å². The first kappa shape index (κ1) is 16.0. The van der Waals surface area contributed by atoms with Crippen molar-refractivity contribution in [2.24, 2.45) is 0 Å². The SMILES string of the molecule is Cc1csc2nc(C(=O)Nc3nc(-c4ccc5[nH]c(=O)oc5c4)cs3)cn12.